The molecule has 2 N–H and O–H groups in total. The zero-order chi connectivity index (χ0) is 26.7. The Kier molecular flexibility index (Phi) is 7.40. The van der Waals surface area contributed by atoms with Crippen LogP contribution in [0.3, 0.4) is 0 Å². The first-order valence-electron chi connectivity index (χ1n) is 11.6. The molecule has 0 saturated heterocycles. The summed E-state index contributed by atoms with van der Waals surface area (Å²) < 4.78 is 37.9. The summed E-state index contributed by atoms with van der Waals surface area (Å²) in [7, 11) is 0.805. The van der Waals surface area contributed by atoms with E-state index in [1.165, 1.54) is 20.3 Å². The molecule has 0 saturated carbocycles. The summed E-state index contributed by atoms with van der Waals surface area (Å²) in [6.45, 7) is 2.43. The summed E-state index contributed by atoms with van der Waals surface area (Å²) >= 11 is 0. The van der Waals surface area contributed by atoms with E-state index in [0.29, 0.717) is 23.4 Å². The summed E-state index contributed by atoms with van der Waals surface area (Å²) in [6.07, 6.45) is 0.0776. The molecule has 3 aromatic rings. The molecule has 1 aliphatic rings. The van der Waals surface area contributed by atoms with Crippen molar-refractivity contribution < 1.29 is 27.5 Å². The number of carbonyl (C=O) groups excluding carboxylic acids is 2. The summed E-state index contributed by atoms with van der Waals surface area (Å²) in [4.78, 5) is 26.7. The maximum Gasteiger partial charge on any atom is 0.411 e. The number of nitrogens with one attached hydrogen (secondary N) is 2. The molecule has 1 aliphatic heterocycles. The Labute approximate surface area is 216 Å². The SMILES string of the molecule is COC(=O)Nc1ccc2c(c1)C(Cc1ccc(C(=O)NS(=O)(=O)c3ccccc3C)cc1OC)CN2C. The first kappa shape index (κ1) is 26.0. The Hall–Kier alpha value is -4.05. The summed E-state index contributed by atoms with van der Waals surface area (Å²) in [5.41, 5.74) is 4.37. The number of anilines is 2. The van der Waals surface area contributed by atoms with E-state index >= 15 is 0 Å². The highest BCUT2D eigenvalue weighted by molar-refractivity contribution is 7.90. The van der Waals surface area contributed by atoms with Gasteiger partial charge in [0.15, 0.2) is 0 Å². The smallest absolute Gasteiger partial charge is 0.411 e. The third-order valence-corrected chi connectivity index (χ3v) is 7.92. The molecule has 10 heteroatoms. The highest BCUT2D eigenvalue weighted by atomic mass is 32.2. The van der Waals surface area contributed by atoms with Crippen LogP contribution in [0.4, 0.5) is 16.2 Å². The molecule has 0 radical (unpaired) electrons. The minimum absolute atomic E-state index is 0.0528. The van der Waals surface area contributed by atoms with Crippen molar-refractivity contribution in [2.24, 2.45) is 0 Å². The third-order valence-electron chi connectivity index (χ3n) is 6.43. The summed E-state index contributed by atoms with van der Waals surface area (Å²) in [5.74, 6) is -0.145. The summed E-state index contributed by atoms with van der Waals surface area (Å²) in [5, 5.41) is 2.70. The molecule has 0 fully saturated rings. The average Bonchev–Trinajstić information content (AvgIpc) is 3.18. The Morgan fingerprint density at radius 1 is 1.05 bits per heavy atom. The van der Waals surface area contributed by atoms with Crippen LogP contribution in [-0.4, -0.2) is 48.2 Å². The number of likely N-dealkylation sites (N-methyl/N-ethyl adjacent to an activating group) is 1. The van der Waals surface area contributed by atoms with Crippen molar-refractivity contribution in [2.75, 3.05) is 38.0 Å². The van der Waals surface area contributed by atoms with Crippen molar-refractivity contribution in [3.05, 3.63) is 82.9 Å². The molecular weight excluding hydrogens is 494 g/mol. The second-order valence-electron chi connectivity index (χ2n) is 8.90. The lowest BCUT2D eigenvalue weighted by Gasteiger charge is -2.16. The van der Waals surface area contributed by atoms with Gasteiger partial charge in [-0.2, -0.15) is 0 Å². The van der Waals surface area contributed by atoms with E-state index in [-0.39, 0.29) is 16.4 Å². The van der Waals surface area contributed by atoms with E-state index in [1.54, 1.807) is 43.3 Å². The van der Waals surface area contributed by atoms with Gasteiger partial charge in [-0.25, -0.2) is 17.9 Å². The maximum absolute atomic E-state index is 12.8. The number of fused-ring (bicyclic) bond motifs is 1. The molecule has 37 heavy (non-hydrogen) atoms. The zero-order valence-corrected chi connectivity index (χ0v) is 21.9. The molecule has 4 rings (SSSR count). The molecule has 0 aromatic heterocycles. The van der Waals surface area contributed by atoms with Gasteiger partial charge in [0.1, 0.15) is 5.75 Å². The van der Waals surface area contributed by atoms with Gasteiger partial charge in [-0.3, -0.25) is 10.1 Å². The monoisotopic (exact) mass is 523 g/mol. The molecule has 0 bridgehead atoms. The van der Waals surface area contributed by atoms with Crippen molar-refractivity contribution >= 4 is 33.4 Å². The third kappa shape index (κ3) is 5.54. The molecule has 1 unspecified atom stereocenters. The van der Waals surface area contributed by atoms with Crippen LogP contribution in [0.25, 0.3) is 0 Å². The second-order valence-corrected chi connectivity index (χ2v) is 10.5. The molecule has 2 amide bonds. The quantitative estimate of drug-likeness (QED) is 0.480. The number of sulfonamides is 1. The fourth-order valence-corrected chi connectivity index (χ4v) is 5.81. The Bertz CT molecular complexity index is 1450. The number of hydrogen-bond acceptors (Lipinski definition) is 7. The molecule has 1 atom stereocenters. The molecule has 194 valence electrons. The van der Waals surface area contributed by atoms with Gasteiger partial charge in [0.05, 0.1) is 19.1 Å². The number of rotatable bonds is 7. The van der Waals surface area contributed by atoms with Crippen LogP contribution in [0, 0.1) is 6.92 Å². The van der Waals surface area contributed by atoms with Crippen molar-refractivity contribution in [1.82, 2.24) is 4.72 Å². The Morgan fingerprint density at radius 3 is 2.51 bits per heavy atom. The van der Waals surface area contributed by atoms with E-state index in [0.717, 1.165) is 23.4 Å². The maximum atomic E-state index is 12.8. The fraction of sp³-hybridized carbons (Fsp3) is 0.259. The van der Waals surface area contributed by atoms with Gasteiger partial charge in [-0.15, -0.1) is 0 Å². The van der Waals surface area contributed by atoms with Gasteiger partial charge >= 0.3 is 6.09 Å². The lowest BCUT2D eigenvalue weighted by atomic mass is 9.92. The standard InChI is InChI=1S/C27H29N3O6S/c1-17-7-5-6-8-25(17)37(33,34)29-26(31)19-10-9-18(24(14-19)35-3)13-20-16-30(2)23-12-11-21(15-22(20)23)28-27(32)36-4/h5-12,14-15,20H,13,16H2,1-4H3,(H,28,32)(H,29,31). The van der Waals surface area contributed by atoms with Crippen molar-refractivity contribution in [3.8, 4) is 5.75 Å². The van der Waals surface area contributed by atoms with Gasteiger partial charge in [-0.1, -0.05) is 24.3 Å². The highest BCUT2D eigenvalue weighted by Crippen LogP contribution is 2.40. The summed E-state index contributed by atoms with van der Waals surface area (Å²) in [6, 6.07) is 17.1. The average molecular weight is 524 g/mol. The van der Waals surface area contributed by atoms with E-state index in [2.05, 4.69) is 14.9 Å². The number of nitrogens with zero attached hydrogens (tertiary/aromatic N) is 1. The Morgan fingerprint density at radius 2 is 1.81 bits per heavy atom. The number of amides is 2. The molecular formula is C27H29N3O6S. The van der Waals surface area contributed by atoms with Crippen molar-refractivity contribution in [2.45, 2.75) is 24.2 Å². The van der Waals surface area contributed by atoms with Gasteiger partial charge in [0.2, 0.25) is 0 Å². The lowest BCUT2D eigenvalue weighted by molar-refractivity contribution is 0.0981. The first-order chi connectivity index (χ1) is 17.6. The van der Waals surface area contributed by atoms with Crippen molar-refractivity contribution in [1.29, 1.82) is 0 Å². The van der Waals surface area contributed by atoms with Gasteiger partial charge < -0.3 is 14.4 Å². The molecule has 0 aliphatic carbocycles. The molecule has 9 nitrogen and oxygen atoms in total. The van der Waals surface area contributed by atoms with Crippen LogP contribution in [0.15, 0.2) is 65.6 Å². The Balaban J connectivity index is 1.55. The van der Waals surface area contributed by atoms with Gasteiger partial charge in [0, 0.05) is 36.4 Å². The van der Waals surface area contributed by atoms with E-state index in [9.17, 15) is 18.0 Å². The molecule has 3 aromatic carbocycles. The number of methoxy groups -OCH3 is 2. The predicted molar refractivity (Wildman–Crippen MR) is 141 cm³/mol. The van der Waals surface area contributed by atoms with Crippen LogP contribution >= 0.6 is 0 Å². The number of carbonyl (C=O) groups is 2. The minimum Gasteiger partial charge on any atom is -0.496 e. The van der Waals surface area contributed by atoms with Gasteiger partial charge in [-0.05, 0) is 66.4 Å². The number of ether oxygens (including phenoxy) is 2. The largest absolute Gasteiger partial charge is 0.496 e. The van der Waals surface area contributed by atoms with Crippen LogP contribution < -0.4 is 19.7 Å². The van der Waals surface area contributed by atoms with E-state index in [4.69, 9.17) is 9.47 Å². The second kappa shape index (κ2) is 10.5. The van der Waals surface area contributed by atoms with Crippen molar-refractivity contribution in [3.63, 3.8) is 0 Å². The minimum atomic E-state index is -4.03. The van der Waals surface area contributed by atoms with Crippen LogP contribution in [-0.2, 0) is 21.2 Å². The van der Waals surface area contributed by atoms with Crippen LogP contribution in [0.2, 0.25) is 0 Å². The zero-order valence-electron chi connectivity index (χ0n) is 21.1. The van der Waals surface area contributed by atoms with Crippen LogP contribution in [0.1, 0.15) is 33.0 Å². The lowest BCUT2D eigenvalue weighted by Crippen LogP contribution is -2.31. The highest BCUT2D eigenvalue weighted by Gasteiger charge is 2.28. The fourth-order valence-electron chi connectivity index (χ4n) is 4.59. The number of aryl methyl sites for hydroxylation is 1. The topological polar surface area (TPSA) is 114 Å². The number of benzene rings is 3. The van der Waals surface area contributed by atoms with Gasteiger partial charge in [0.25, 0.3) is 15.9 Å². The van der Waals surface area contributed by atoms with Crippen LogP contribution in [0.5, 0.6) is 5.75 Å². The predicted octanol–water partition coefficient (Wildman–Crippen LogP) is 4.08. The molecule has 1 heterocycles. The first-order valence-corrected chi connectivity index (χ1v) is 13.1. The number of hydrogen-bond donors (Lipinski definition) is 2. The van der Waals surface area contributed by atoms with E-state index < -0.39 is 22.0 Å². The normalized spacial score (nSPS) is 14.6. The van der Waals surface area contributed by atoms with E-state index in [1.807, 2.05) is 25.2 Å². The molecule has 0 spiro atoms.